The largest absolute Gasteiger partial charge is 0.405 e. The van der Waals surface area contributed by atoms with Gasteiger partial charge >= 0.3 is 6.18 Å². The third-order valence-electron chi connectivity index (χ3n) is 2.30. The van der Waals surface area contributed by atoms with Crippen molar-refractivity contribution >= 4 is 34.8 Å². The molecule has 0 unspecified atom stereocenters. The lowest BCUT2D eigenvalue weighted by Crippen LogP contribution is -2.36. The Hall–Kier alpha value is -1.09. The van der Waals surface area contributed by atoms with E-state index >= 15 is 0 Å². The molecule has 2 N–H and O–H groups in total. The van der Waals surface area contributed by atoms with E-state index in [1.807, 2.05) is 5.32 Å². The summed E-state index contributed by atoms with van der Waals surface area (Å²) in [7, 11) is 0. The fourth-order valence-corrected chi connectivity index (χ4v) is 2.37. The maximum atomic E-state index is 13.7. The number of hydrogen-bond donors (Lipinski definition) is 2. The predicted octanol–water partition coefficient (Wildman–Crippen LogP) is 4.04. The number of hydrogen-bond acceptors (Lipinski definition) is 2. The fraction of sp³-hybridized carbons (Fsp3) is 0.417. The van der Waals surface area contributed by atoms with Crippen molar-refractivity contribution in [3.8, 4) is 0 Å². The van der Waals surface area contributed by atoms with Crippen LogP contribution in [0, 0.1) is 12.7 Å². The maximum absolute atomic E-state index is 13.7. The van der Waals surface area contributed by atoms with Crippen LogP contribution in [0.4, 0.5) is 27.6 Å². The molecule has 0 atom stereocenters. The number of halogens is 5. The molecule has 0 radical (unpaired) electrons. The number of rotatable bonds is 5. The third-order valence-corrected chi connectivity index (χ3v) is 3.65. The predicted molar refractivity (Wildman–Crippen MR) is 78.1 cm³/mol. The zero-order chi connectivity index (χ0) is 16.0. The van der Waals surface area contributed by atoms with Crippen LogP contribution in [0.25, 0.3) is 0 Å². The highest BCUT2D eigenvalue weighted by Crippen LogP contribution is 2.28. The zero-order valence-electron chi connectivity index (χ0n) is 11.0. The quantitative estimate of drug-likeness (QED) is 0.478. The average Bonchev–Trinajstić information content (AvgIpc) is 2.37. The third kappa shape index (κ3) is 6.47. The highest BCUT2D eigenvalue weighted by Gasteiger charge is 2.27. The van der Waals surface area contributed by atoms with Crippen molar-refractivity contribution in [3.63, 3.8) is 0 Å². The van der Waals surface area contributed by atoms with Gasteiger partial charge in [-0.15, -0.1) is 11.8 Å². The smallest absolute Gasteiger partial charge is 0.353 e. The Bertz CT molecular complexity index is 505. The molecule has 1 aromatic carbocycles. The van der Waals surface area contributed by atoms with Gasteiger partial charge in [-0.1, -0.05) is 0 Å². The van der Waals surface area contributed by atoms with Crippen LogP contribution in [0.15, 0.2) is 17.0 Å². The first-order valence-corrected chi connectivity index (χ1v) is 7.23. The van der Waals surface area contributed by atoms with E-state index in [2.05, 4.69) is 17.5 Å². The summed E-state index contributed by atoms with van der Waals surface area (Å²) < 4.78 is 62.0. The summed E-state index contributed by atoms with van der Waals surface area (Å²) in [5, 5.41) is 3.97. The summed E-state index contributed by atoms with van der Waals surface area (Å²) in [5.74, 6) is -0.434. The standard InChI is InChI=1S/C12H13F5N2S2/c1-7-4-8(14)9(5-10(7)21-3-2-13)19-11(20)18-6-12(15,16)17/h4-5H,2-3,6H2,1H3,(H2,18,19,20). The number of alkyl halides is 4. The SMILES string of the molecule is Cc1cc(F)c(NC(=S)NCC(F)(F)F)cc1SCCF. The molecular weight excluding hydrogens is 331 g/mol. The molecule has 0 saturated heterocycles. The molecule has 2 nitrogen and oxygen atoms in total. The molecule has 0 amide bonds. The molecule has 0 saturated carbocycles. The number of benzene rings is 1. The van der Waals surface area contributed by atoms with Gasteiger partial charge in [0.1, 0.15) is 12.4 Å². The minimum absolute atomic E-state index is 0.0540. The second-order valence-corrected chi connectivity index (χ2v) is 5.60. The lowest BCUT2D eigenvalue weighted by molar-refractivity contribution is -0.121. The van der Waals surface area contributed by atoms with Crippen LogP contribution in [0.5, 0.6) is 0 Å². The van der Waals surface area contributed by atoms with E-state index < -0.39 is 25.2 Å². The molecule has 0 spiro atoms. The van der Waals surface area contributed by atoms with Crippen molar-refractivity contribution in [2.24, 2.45) is 0 Å². The molecule has 1 aromatic rings. The molecule has 0 bridgehead atoms. The Morgan fingerprint density at radius 3 is 2.57 bits per heavy atom. The second kappa shape index (κ2) is 7.79. The molecule has 0 aliphatic rings. The Labute approximate surface area is 128 Å². The lowest BCUT2D eigenvalue weighted by atomic mass is 10.2. The van der Waals surface area contributed by atoms with Crippen molar-refractivity contribution in [2.75, 3.05) is 24.3 Å². The van der Waals surface area contributed by atoms with Crippen molar-refractivity contribution in [1.82, 2.24) is 5.32 Å². The summed E-state index contributed by atoms with van der Waals surface area (Å²) in [6.45, 7) is -0.181. The Kier molecular flexibility index (Phi) is 6.66. The molecule has 118 valence electrons. The molecule has 0 fully saturated rings. The summed E-state index contributed by atoms with van der Waals surface area (Å²) in [6, 6.07) is 2.61. The van der Waals surface area contributed by atoms with Crippen molar-refractivity contribution in [2.45, 2.75) is 18.0 Å². The number of thiocarbonyl (C=S) groups is 1. The van der Waals surface area contributed by atoms with Gasteiger partial charge in [0.2, 0.25) is 0 Å². The number of anilines is 1. The lowest BCUT2D eigenvalue weighted by Gasteiger charge is -2.14. The maximum Gasteiger partial charge on any atom is 0.405 e. The van der Waals surface area contributed by atoms with Crippen LogP contribution in [0.1, 0.15) is 5.56 Å². The summed E-state index contributed by atoms with van der Waals surface area (Å²) in [4.78, 5) is 0.634. The van der Waals surface area contributed by atoms with Crippen LogP contribution in [-0.2, 0) is 0 Å². The Morgan fingerprint density at radius 1 is 1.33 bits per heavy atom. The van der Waals surface area contributed by atoms with Crippen molar-refractivity contribution < 1.29 is 22.0 Å². The van der Waals surface area contributed by atoms with Crippen LogP contribution < -0.4 is 10.6 Å². The zero-order valence-corrected chi connectivity index (χ0v) is 12.6. The first-order chi connectivity index (χ1) is 9.73. The normalized spacial score (nSPS) is 11.3. The molecule has 1 rings (SSSR count). The monoisotopic (exact) mass is 344 g/mol. The molecule has 0 aliphatic heterocycles. The number of nitrogens with one attached hydrogen (secondary N) is 2. The topological polar surface area (TPSA) is 24.1 Å². The van der Waals surface area contributed by atoms with Crippen LogP contribution in [-0.4, -0.2) is 30.3 Å². The molecule has 0 aromatic heterocycles. The molecule has 0 aliphatic carbocycles. The van der Waals surface area contributed by atoms with E-state index in [0.29, 0.717) is 10.5 Å². The van der Waals surface area contributed by atoms with E-state index in [9.17, 15) is 22.0 Å². The van der Waals surface area contributed by atoms with E-state index in [4.69, 9.17) is 0 Å². The highest BCUT2D eigenvalue weighted by molar-refractivity contribution is 7.99. The Morgan fingerprint density at radius 2 is 2.00 bits per heavy atom. The minimum Gasteiger partial charge on any atom is -0.353 e. The van der Waals surface area contributed by atoms with Gasteiger partial charge in [-0.3, -0.25) is 4.39 Å². The van der Waals surface area contributed by atoms with Crippen molar-refractivity contribution in [3.05, 3.63) is 23.5 Å². The van der Waals surface area contributed by atoms with Gasteiger partial charge in [-0.25, -0.2) is 4.39 Å². The average molecular weight is 344 g/mol. The highest BCUT2D eigenvalue weighted by atomic mass is 32.2. The van der Waals surface area contributed by atoms with Gasteiger partial charge < -0.3 is 10.6 Å². The summed E-state index contributed by atoms with van der Waals surface area (Å²) >= 11 is 5.86. The van der Waals surface area contributed by atoms with Gasteiger partial charge in [-0.2, -0.15) is 13.2 Å². The molecular formula is C12H13F5N2S2. The molecule has 0 heterocycles. The van der Waals surface area contributed by atoms with Crippen LogP contribution >= 0.6 is 24.0 Å². The van der Waals surface area contributed by atoms with E-state index in [1.165, 1.54) is 23.9 Å². The minimum atomic E-state index is -4.42. The fourth-order valence-electron chi connectivity index (χ4n) is 1.40. The number of aryl methyl sites for hydroxylation is 1. The van der Waals surface area contributed by atoms with Gasteiger partial charge in [0.05, 0.1) is 12.4 Å². The van der Waals surface area contributed by atoms with Crippen LogP contribution in [0.2, 0.25) is 0 Å². The van der Waals surface area contributed by atoms with E-state index in [-0.39, 0.29) is 16.6 Å². The first-order valence-electron chi connectivity index (χ1n) is 5.83. The Balaban J connectivity index is 2.75. The number of thioether (sulfide) groups is 1. The van der Waals surface area contributed by atoms with Crippen molar-refractivity contribution in [1.29, 1.82) is 0 Å². The molecule has 21 heavy (non-hydrogen) atoms. The summed E-state index contributed by atoms with van der Waals surface area (Å²) in [5.41, 5.74) is 0.562. The van der Waals surface area contributed by atoms with E-state index in [0.717, 1.165) is 0 Å². The van der Waals surface area contributed by atoms with Gasteiger partial charge in [0, 0.05) is 10.6 Å². The van der Waals surface area contributed by atoms with Gasteiger partial charge in [0.25, 0.3) is 0 Å². The van der Waals surface area contributed by atoms with Gasteiger partial charge in [0.15, 0.2) is 5.11 Å². The second-order valence-electron chi connectivity index (χ2n) is 4.06. The first kappa shape index (κ1) is 18.0. The summed E-state index contributed by atoms with van der Waals surface area (Å²) in [6.07, 6.45) is -4.42. The van der Waals surface area contributed by atoms with E-state index in [1.54, 1.807) is 6.92 Å². The molecule has 9 heteroatoms. The van der Waals surface area contributed by atoms with Gasteiger partial charge in [-0.05, 0) is 36.8 Å². The van der Waals surface area contributed by atoms with Crippen LogP contribution in [0.3, 0.4) is 0 Å².